The first-order valence-electron chi connectivity index (χ1n) is 5.74. The summed E-state index contributed by atoms with van der Waals surface area (Å²) >= 11 is 1.08. The van der Waals surface area contributed by atoms with Crippen LogP contribution in [0, 0.1) is 0 Å². The van der Waals surface area contributed by atoms with Crippen LogP contribution in [0.15, 0.2) is 0 Å². The lowest BCUT2D eigenvalue weighted by molar-refractivity contribution is 0.0581. The summed E-state index contributed by atoms with van der Waals surface area (Å²) in [5.41, 5.74) is 5.39. The van der Waals surface area contributed by atoms with Crippen molar-refractivity contribution in [1.82, 2.24) is 15.5 Å². The molecule has 1 aliphatic carbocycles. The standard InChI is InChI=1S/C10H16N4O2S/c11-10-14-13-9(17-10)8(15)12-5-6-16-7-3-1-2-4-7/h7H,1-6H2,(H2,11,14)(H,12,15). The quantitative estimate of drug-likeness (QED) is 0.761. The number of hydrogen-bond acceptors (Lipinski definition) is 6. The van der Waals surface area contributed by atoms with Crippen molar-refractivity contribution >= 4 is 22.4 Å². The van der Waals surface area contributed by atoms with Crippen molar-refractivity contribution in [1.29, 1.82) is 0 Å². The van der Waals surface area contributed by atoms with Gasteiger partial charge in [-0.05, 0) is 12.8 Å². The lowest BCUT2D eigenvalue weighted by Crippen LogP contribution is -2.28. The Morgan fingerprint density at radius 1 is 1.47 bits per heavy atom. The van der Waals surface area contributed by atoms with E-state index in [-0.39, 0.29) is 5.91 Å². The molecule has 7 heteroatoms. The fourth-order valence-electron chi connectivity index (χ4n) is 1.85. The van der Waals surface area contributed by atoms with Crippen molar-refractivity contribution in [3.05, 3.63) is 5.01 Å². The summed E-state index contributed by atoms with van der Waals surface area (Å²) in [5.74, 6) is -0.241. The Balaban J connectivity index is 1.63. The molecule has 2 rings (SSSR count). The molecule has 1 saturated carbocycles. The third-order valence-electron chi connectivity index (χ3n) is 2.68. The first-order valence-corrected chi connectivity index (χ1v) is 6.56. The molecular weight excluding hydrogens is 240 g/mol. The number of nitrogens with one attached hydrogen (secondary N) is 1. The van der Waals surface area contributed by atoms with Crippen molar-refractivity contribution in [3.8, 4) is 0 Å². The van der Waals surface area contributed by atoms with Crippen molar-refractivity contribution in [2.45, 2.75) is 31.8 Å². The van der Waals surface area contributed by atoms with Crippen molar-refractivity contribution in [2.75, 3.05) is 18.9 Å². The van der Waals surface area contributed by atoms with Gasteiger partial charge < -0.3 is 15.8 Å². The Kier molecular flexibility index (Phi) is 4.27. The Bertz CT molecular complexity index is 376. The highest BCUT2D eigenvalue weighted by Gasteiger charge is 2.15. The lowest BCUT2D eigenvalue weighted by atomic mass is 10.3. The highest BCUT2D eigenvalue weighted by molar-refractivity contribution is 7.16. The van der Waals surface area contributed by atoms with Crippen LogP contribution in [-0.4, -0.2) is 35.4 Å². The van der Waals surface area contributed by atoms with Gasteiger partial charge in [-0.2, -0.15) is 0 Å². The average Bonchev–Trinajstić information content (AvgIpc) is 2.95. The number of rotatable bonds is 5. The molecule has 1 heterocycles. The summed E-state index contributed by atoms with van der Waals surface area (Å²) in [5, 5.41) is 10.6. The van der Waals surface area contributed by atoms with E-state index in [0.717, 1.165) is 24.2 Å². The maximum Gasteiger partial charge on any atom is 0.282 e. The molecule has 0 aliphatic heterocycles. The lowest BCUT2D eigenvalue weighted by Gasteiger charge is -2.10. The van der Waals surface area contributed by atoms with E-state index in [0.29, 0.717) is 29.4 Å². The summed E-state index contributed by atoms with van der Waals surface area (Å²) in [7, 11) is 0. The van der Waals surface area contributed by atoms with E-state index in [1.165, 1.54) is 12.8 Å². The monoisotopic (exact) mass is 256 g/mol. The SMILES string of the molecule is Nc1nnc(C(=O)NCCOC2CCCC2)s1. The van der Waals surface area contributed by atoms with E-state index >= 15 is 0 Å². The highest BCUT2D eigenvalue weighted by Crippen LogP contribution is 2.20. The van der Waals surface area contributed by atoms with Gasteiger partial charge >= 0.3 is 0 Å². The Morgan fingerprint density at radius 2 is 2.24 bits per heavy atom. The van der Waals surface area contributed by atoms with Gasteiger partial charge in [0.05, 0.1) is 12.7 Å². The smallest absolute Gasteiger partial charge is 0.282 e. The average molecular weight is 256 g/mol. The van der Waals surface area contributed by atoms with Crippen LogP contribution in [0.5, 0.6) is 0 Å². The number of ether oxygens (including phenoxy) is 1. The molecule has 94 valence electrons. The number of nitrogens with two attached hydrogens (primary N) is 1. The van der Waals surface area contributed by atoms with Crippen LogP contribution in [0.4, 0.5) is 5.13 Å². The van der Waals surface area contributed by atoms with E-state index in [2.05, 4.69) is 15.5 Å². The summed E-state index contributed by atoms with van der Waals surface area (Å²) in [6.07, 6.45) is 5.16. The minimum atomic E-state index is -0.241. The fourth-order valence-corrected chi connectivity index (χ4v) is 2.37. The van der Waals surface area contributed by atoms with Gasteiger partial charge in [0.25, 0.3) is 5.91 Å². The van der Waals surface area contributed by atoms with E-state index in [9.17, 15) is 4.79 Å². The molecular formula is C10H16N4O2S. The molecule has 0 radical (unpaired) electrons. The van der Waals surface area contributed by atoms with Crippen LogP contribution >= 0.6 is 11.3 Å². The normalized spacial score (nSPS) is 16.2. The second-order valence-electron chi connectivity index (χ2n) is 3.98. The molecule has 1 fully saturated rings. The molecule has 0 atom stereocenters. The van der Waals surface area contributed by atoms with Crippen LogP contribution in [0.2, 0.25) is 0 Å². The van der Waals surface area contributed by atoms with E-state index in [1.807, 2.05) is 0 Å². The summed E-state index contributed by atoms with van der Waals surface area (Å²) in [6.45, 7) is 1.04. The number of nitrogens with zero attached hydrogens (tertiary/aromatic N) is 2. The molecule has 3 N–H and O–H groups in total. The predicted octanol–water partition coefficient (Wildman–Crippen LogP) is 0.809. The Hall–Kier alpha value is -1.21. The molecule has 1 aromatic rings. The second kappa shape index (κ2) is 5.92. The van der Waals surface area contributed by atoms with Crippen LogP contribution in [0.25, 0.3) is 0 Å². The zero-order chi connectivity index (χ0) is 12.1. The fraction of sp³-hybridized carbons (Fsp3) is 0.700. The topological polar surface area (TPSA) is 90.1 Å². The van der Waals surface area contributed by atoms with Gasteiger partial charge in [0.1, 0.15) is 0 Å². The predicted molar refractivity (Wildman–Crippen MR) is 64.9 cm³/mol. The summed E-state index contributed by atoms with van der Waals surface area (Å²) in [6, 6.07) is 0. The molecule has 0 spiro atoms. The summed E-state index contributed by atoms with van der Waals surface area (Å²) in [4.78, 5) is 11.5. The summed E-state index contributed by atoms with van der Waals surface area (Å²) < 4.78 is 5.62. The molecule has 0 aromatic carbocycles. The largest absolute Gasteiger partial charge is 0.376 e. The molecule has 6 nitrogen and oxygen atoms in total. The minimum Gasteiger partial charge on any atom is -0.376 e. The van der Waals surface area contributed by atoms with Crippen LogP contribution in [0.3, 0.4) is 0 Å². The van der Waals surface area contributed by atoms with E-state index < -0.39 is 0 Å². The molecule has 17 heavy (non-hydrogen) atoms. The van der Waals surface area contributed by atoms with Crippen LogP contribution in [0.1, 0.15) is 35.5 Å². The molecule has 0 bridgehead atoms. The van der Waals surface area contributed by atoms with Gasteiger partial charge in [0.15, 0.2) is 0 Å². The van der Waals surface area contributed by atoms with Crippen molar-refractivity contribution in [3.63, 3.8) is 0 Å². The van der Waals surface area contributed by atoms with Crippen LogP contribution in [-0.2, 0) is 4.74 Å². The van der Waals surface area contributed by atoms with Gasteiger partial charge in [-0.15, -0.1) is 10.2 Å². The van der Waals surface area contributed by atoms with Crippen molar-refractivity contribution < 1.29 is 9.53 Å². The number of hydrogen-bond donors (Lipinski definition) is 2. The number of aromatic nitrogens is 2. The molecule has 1 aromatic heterocycles. The molecule has 0 unspecified atom stereocenters. The van der Waals surface area contributed by atoms with E-state index in [4.69, 9.17) is 10.5 Å². The number of carbonyl (C=O) groups is 1. The maximum absolute atomic E-state index is 11.5. The molecule has 1 aliphatic rings. The third-order valence-corrected chi connectivity index (χ3v) is 3.43. The first kappa shape index (κ1) is 12.3. The van der Waals surface area contributed by atoms with Gasteiger partial charge in [0, 0.05) is 6.54 Å². The number of carbonyl (C=O) groups excluding carboxylic acids is 1. The number of amides is 1. The number of nitrogen functional groups attached to an aromatic ring is 1. The van der Waals surface area contributed by atoms with Gasteiger partial charge in [0.2, 0.25) is 10.1 Å². The van der Waals surface area contributed by atoms with Gasteiger partial charge in [-0.3, -0.25) is 4.79 Å². The van der Waals surface area contributed by atoms with Gasteiger partial charge in [-0.1, -0.05) is 24.2 Å². The maximum atomic E-state index is 11.5. The van der Waals surface area contributed by atoms with Crippen molar-refractivity contribution in [2.24, 2.45) is 0 Å². The second-order valence-corrected chi connectivity index (χ2v) is 4.99. The number of anilines is 1. The van der Waals surface area contributed by atoms with Crippen LogP contribution < -0.4 is 11.1 Å². The zero-order valence-corrected chi connectivity index (χ0v) is 10.3. The zero-order valence-electron chi connectivity index (χ0n) is 9.52. The first-order chi connectivity index (χ1) is 8.25. The minimum absolute atomic E-state index is 0.241. The Morgan fingerprint density at radius 3 is 2.88 bits per heavy atom. The van der Waals surface area contributed by atoms with Gasteiger partial charge in [-0.25, -0.2) is 0 Å². The Labute approximate surface area is 104 Å². The molecule has 0 saturated heterocycles. The third kappa shape index (κ3) is 3.64. The molecule has 1 amide bonds. The van der Waals surface area contributed by atoms with E-state index in [1.54, 1.807) is 0 Å². The highest BCUT2D eigenvalue weighted by atomic mass is 32.1.